The van der Waals surface area contributed by atoms with Crippen LogP contribution in [0.2, 0.25) is 0 Å². The molecule has 8 heteroatoms. The van der Waals surface area contributed by atoms with E-state index in [9.17, 15) is 9.18 Å². The van der Waals surface area contributed by atoms with E-state index in [4.69, 9.17) is 0 Å². The lowest BCUT2D eigenvalue weighted by Gasteiger charge is -2.11. The Morgan fingerprint density at radius 3 is 2.62 bits per heavy atom. The van der Waals surface area contributed by atoms with Crippen LogP contribution >= 0.6 is 0 Å². The van der Waals surface area contributed by atoms with Gasteiger partial charge in [0.2, 0.25) is 5.91 Å². The Balaban J connectivity index is 1.25. The Bertz CT molecular complexity index is 1850. The molecule has 39 heavy (non-hydrogen) atoms. The van der Waals surface area contributed by atoms with E-state index in [0.29, 0.717) is 16.9 Å². The molecule has 0 radical (unpaired) electrons. The molecule has 7 nitrogen and oxygen atoms in total. The van der Waals surface area contributed by atoms with Gasteiger partial charge in [-0.25, -0.2) is 4.39 Å². The zero-order valence-corrected chi connectivity index (χ0v) is 21.0. The summed E-state index contributed by atoms with van der Waals surface area (Å²) in [5.41, 5.74) is 6.87. The van der Waals surface area contributed by atoms with Crippen LogP contribution in [0.5, 0.6) is 0 Å². The number of amides is 1. The number of halogens is 1. The zero-order valence-electron chi connectivity index (χ0n) is 21.0. The lowest BCUT2D eigenvalue weighted by molar-refractivity contribution is -0.119. The number of fused-ring (bicyclic) bond motifs is 2. The molecule has 0 atom stereocenters. The van der Waals surface area contributed by atoms with Gasteiger partial charge in [-0.1, -0.05) is 31.0 Å². The molecule has 0 bridgehead atoms. The van der Waals surface area contributed by atoms with E-state index in [1.165, 1.54) is 6.07 Å². The van der Waals surface area contributed by atoms with Gasteiger partial charge in [0, 0.05) is 45.7 Å². The fourth-order valence-electron chi connectivity index (χ4n) is 5.55. The molecule has 4 heterocycles. The number of hydrogen-bond donors (Lipinski definition) is 3. The molecule has 0 unspecified atom stereocenters. The first-order valence-corrected chi connectivity index (χ1v) is 13.1. The monoisotopic (exact) mass is 516 g/mol. The fourth-order valence-corrected chi connectivity index (χ4v) is 5.55. The lowest BCUT2D eigenvalue weighted by atomic mass is 10.0. The molecule has 1 aliphatic rings. The van der Waals surface area contributed by atoms with Gasteiger partial charge in [-0.3, -0.25) is 19.9 Å². The van der Waals surface area contributed by atoms with Gasteiger partial charge in [0.15, 0.2) is 0 Å². The van der Waals surface area contributed by atoms with Crippen LogP contribution in [-0.2, 0) is 4.79 Å². The van der Waals surface area contributed by atoms with Crippen LogP contribution in [-0.4, -0.2) is 31.1 Å². The predicted molar refractivity (Wildman–Crippen MR) is 150 cm³/mol. The van der Waals surface area contributed by atoms with Crippen molar-refractivity contribution in [2.24, 2.45) is 5.92 Å². The molecule has 6 aromatic rings. The first-order chi connectivity index (χ1) is 19.1. The number of carbonyl (C=O) groups excluding carboxylic acids is 1. The third-order valence-corrected chi connectivity index (χ3v) is 7.56. The number of nitrogens with zero attached hydrogens (tertiary/aromatic N) is 3. The van der Waals surface area contributed by atoms with Crippen molar-refractivity contribution in [3.8, 4) is 33.8 Å². The van der Waals surface area contributed by atoms with Crippen LogP contribution in [0.1, 0.15) is 25.7 Å². The third kappa shape index (κ3) is 4.24. The van der Waals surface area contributed by atoms with Gasteiger partial charge in [0.1, 0.15) is 11.5 Å². The summed E-state index contributed by atoms with van der Waals surface area (Å²) in [7, 11) is 0. The zero-order chi connectivity index (χ0) is 26.3. The molecule has 1 aliphatic carbocycles. The minimum Gasteiger partial charge on any atom is -0.353 e. The average molecular weight is 517 g/mol. The summed E-state index contributed by atoms with van der Waals surface area (Å²) in [5.74, 6) is -0.156. The summed E-state index contributed by atoms with van der Waals surface area (Å²) >= 11 is 0. The van der Waals surface area contributed by atoms with Crippen molar-refractivity contribution in [1.82, 2.24) is 25.1 Å². The van der Waals surface area contributed by atoms with Crippen LogP contribution in [0, 0.1) is 11.7 Å². The topological polar surface area (TPSA) is 99.3 Å². The first-order valence-electron chi connectivity index (χ1n) is 13.1. The molecule has 3 N–H and O–H groups in total. The predicted octanol–water partition coefficient (Wildman–Crippen LogP) is 7.10. The first kappa shape index (κ1) is 23.3. The summed E-state index contributed by atoms with van der Waals surface area (Å²) in [6.07, 6.45) is 9.28. The van der Waals surface area contributed by atoms with Crippen molar-refractivity contribution in [1.29, 1.82) is 0 Å². The molecule has 2 aromatic carbocycles. The number of aromatic nitrogens is 5. The highest BCUT2D eigenvalue weighted by molar-refractivity contribution is 6.01. The number of H-pyrrole nitrogens is 2. The third-order valence-electron chi connectivity index (χ3n) is 7.56. The molecule has 1 fully saturated rings. The lowest BCUT2D eigenvalue weighted by Crippen LogP contribution is -2.20. The van der Waals surface area contributed by atoms with E-state index < -0.39 is 0 Å². The smallest absolute Gasteiger partial charge is 0.227 e. The minimum atomic E-state index is -0.314. The van der Waals surface area contributed by atoms with Gasteiger partial charge in [0.25, 0.3) is 0 Å². The van der Waals surface area contributed by atoms with Crippen molar-refractivity contribution in [3.05, 3.63) is 85.1 Å². The van der Waals surface area contributed by atoms with Crippen LogP contribution in [0.4, 0.5) is 10.1 Å². The van der Waals surface area contributed by atoms with Crippen molar-refractivity contribution in [2.75, 3.05) is 5.32 Å². The Morgan fingerprint density at radius 1 is 0.897 bits per heavy atom. The van der Waals surface area contributed by atoms with Gasteiger partial charge in [0.05, 0.1) is 28.8 Å². The van der Waals surface area contributed by atoms with Crippen molar-refractivity contribution in [2.45, 2.75) is 25.7 Å². The van der Waals surface area contributed by atoms with E-state index in [1.54, 1.807) is 36.8 Å². The Morgan fingerprint density at radius 2 is 1.74 bits per heavy atom. The number of carbonyl (C=O) groups is 1. The van der Waals surface area contributed by atoms with E-state index in [-0.39, 0.29) is 17.6 Å². The highest BCUT2D eigenvalue weighted by Crippen LogP contribution is 2.35. The van der Waals surface area contributed by atoms with Crippen LogP contribution in [0.3, 0.4) is 0 Å². The fraction of sp³-hybridized carbons (Fsp3) is 0.161. The number of rotatable bonds is 5. The van der Waals surface area contributed by atoms with Crippen LogP contribution in [0.25, 0.3) is 55.6 Å². The maximum Gasteiger partial charge on any atom is 0.227 e. The highest BCUT2D eigenvalue weighted by atomic mass is 19.1. The van der Waals surface area contributed by atoms with E-state index in [2.05, 4.69) is 36.5 Å². The molecule has 0 spiro atoms. The van der Waals surface area contributed by atoms with Crippen molar-refractivity contribution < 1.29 is 9.18 Å². The normalized spacial score (nSPS) is 13.9. The maximum absolute atomic E-state index is 14.6. The summed E-state index contributed by atoms with van der Waals surface area (Å²) in [5, 5.41) is 12.5. The molecule has 192 valence electrons. The Labute approximate surface area is 223 Å². The second-order valence-corrected chi connectivity index (χ2v) is 10.0. The number of anilines is 1. The van der Waals surface area contributed by atoms with Crippen LogP contribution < -0.4 is 5.32 Å². The van der Waals surface area contributed by atoms with Gasteiger partial charge >= 0.3 is 0 Å². The molecule has 1 saturated carbocycles. The summed E-state index contributed by atoms with van der Waals surface area (Å²) in [6, 6.07) is 18.5. The number of hydrogen-bond acceptors (Lipinski definition) is 4. The van der Waals surface area contributed by atoms with Crippen LogP contribution in [0.15, 0.2) is 79.3 Å². The Kier molecular flexibility index (Phi) is 5.65. The van der Waals surface area contributed by atoms with Gasteiger partial charge in [-0.05, 0) is 60.9 Å². The molecular weight excluding hydrogens is 491 g/mol. The van der Waals surface area contributed by atoms with Gasteiger partial charge in [-0.2, -0.15) is 5.10 Å². The van der Waals surface area contributed by atoms with E-state index >= 15 is 0 Å². The summed E-state index contributed by atoms with van der Waals surface area (Å²) in [6.45, 7) is 0. The molecule has 4 aromatic heterocycles. The molecule has 1 amide bonds. The van der Waals surface area contributed by atoms with E-state index in [1.807, 2.05) is 30.3 Å². The number of pyridine rings is 2. The highest BCUT2D eigenvalue weighted by Gasteiger charge is 2.23. The van der Waals surface area contributed by atoms with E-state index in [0.717, 1.165) is 70.0 Å². The SMILES string of the molecule is O=C(Nc1cncc(-c2ccc3[nH]nc(-c4cc5c(-c6ccccc6F)nccc5[nH]4)c3c2)c1)C1CCCC1. The number of nitrogens with one attached hydrogen (secondary N) is 3. The summed E-state index contributed by atoms with van der Waals surface area (Å²) in [4.78, 5) is 24.9. The Hall–Kier alpha value is -4.85. The quantitative estimate of drug-likeness (QED) is 0.227. The molecule has 0 saturated heterocycles. The second kappa shape index (κ2) is 9.47. The minimum absolute atomic E-state index is 0.0714. The second-order valence-electron chi connectivity index (χ2n) is 10.0. The standard InChI is InChI=1S/C31H25FN6O/c32-25-8-4-3-7-22(25)29-24-15-28(36-26(24)11-12-34-29)30-23-14-19(9-10-27(23)37-38-30)20-13-21(17-33-16-20)35-31(39)18-5-1-2-6-18/h3-4,7-18,36H,1-2,5-6H2,(H,35,39)(H,37,38). The molecule has 0 aliphatic heterocycles. The van der Waals surface area contributed by atoms with Crippen molar-refractivity contribution >= 4 is 33.4 Å². The number of aromatic amines is 2. The summed E-state index contributed by atoms with van der Waals surface area (Å²) < 4.78 is 14.6. The van der Waals surface area contributed by atoms with Gasteiger partial charge < -0.3 is 10.3 Å². The molecular formula is C31H25FN6O. The average Bonchev–Trinajstić information content (AvgIpc) is 3.73. The largest absolute Gasteiger partial charge is 0.353 e. The number of benzene rings is 2. The van der Waals surface area contributed by atoms with Gasteiger partial charge in [-0.15, -0.1) is 0 Å². The molecule has 7 rings (SSSR count). The maximum atomic E-state index is 14.6. The van der Waals surface area contributed by atoms with Crippen molar-refractivity contribution in [3.63, 3.8) is 0 Å².